The maximum absolute atomic E-state index is 9.93. The van der Waals surface area contributed by atoms with Crippen LogP contribution in [-0.2, 0) is 0 Å². The Morgan fingerprint density at radius 3 is 2.40 bits per heavy atom. The molecule has 0 aromatic carbocycles. The zero-order valence-corrected chi connectivity index (χ0v) is 10.9. The molecule has 0 aliphatic carbocycles. The lowest BCUT2D eigenvalue weighted by atomic mass is 9.85. The first-order chi connectivity index (χ1) is 6.91. The number of piperidine rings is 1. The number of rotatable bonds is 3. The smallest absolute Gasteiger partial charge is 0.0690 e. The molecule has 15 heavy (non-hydrogen) atoms. The van der Waals surface area contributed by atoms with Gasteiger partial charge >= 0.3 is 0 Å². The molecular formula is C13H27NO. The minimum Gasteiger partial charge on any atom is -0.392 e. The Labute approximate surface area is 94.7 Å². The summed E-state index contributed by atoms with van der Waals surface area (Å²) in [6.07, 6.45) is 1.15. The number of hydrogen-bond acceptors (Lipinski definition) is 2. The first-order valence-electron chi connectivity index (χ1n) is 6.34. The van der Waals surface area contributed by atoms with Crippen molar-refractivity contribution >= 4 is 0 Å². The van der Waals surface area contributed by atoms with E-state index in [1.54, 1.807) is 0 Å². The van der Waals surface area contributed by atoms with Crippen LogP contribution in [-0.4, -0.2) is 35.2 Å². The van der Waals surface area contributed by atoms with Crippen LogP contribution in [0.25, 0.3) is 0 Å². The zero-order chi connectivity index (χ0) is 11.6. The van der Waals surface area contributed by atoms with E-state index in [-0.39, 0.29) is 6.10 Å². The summed E-state index contributed by atoms with van der Waals surface area (Å²) < 4.78 is 0. The number of nitrogens with zero attached hydrogens (tertiary/aromatic N) is 1. The summed E-state index contributed by atoms with van der Waals surface area (Å²) >= 11 is 0. The first kappa shape index (κ1) is 13.0. The standard InChI is InChI=1S/C13H27NO/c1-9(2)13(15)8-14-7-10(3)6-11(4)12(14)5/h9-13,15H,6-8H2,1-5H3. The van der Waals surface area contributed by atoms with Crippen LogP contribution < -0.4 is 0 Å². The van der Waals surface area contributed by atoms with Gasteiger partial charge in [-0.3, -0.25) is 4.90 Å². The van der Waals surface area contributed by atoms with Crippen LogP contribution >= 0.6 is 0 Å². The van der Waals surface area contributed by atoms with E-state index in [2.05, 4.69) is 39.5 Å². The fourth-order valence-corrected chi connectivity index (χ4v) is 2.52. The molecule has 1 fully saturated rings. The molecule has 0 bridgehead atoms. The molecule has 1 aliphatic heterocycles. The van der Waals surface area contributed by atoms with Gasteiger partial charge in [-0.05, 0) is 31.1 Å². The molecule has 1 aliphatic rings. The van der Waals surface area contributed by atoms with Gasteiger partial charge in [-0.1, -0.05) is 27.7 Å². The number of β-amino-alcohol motifs (C(OH)–C–C–N with tert-alkyl or cyclic N) is 1. The maximum Gasteiger partial charge on any atom is 0.0690 e. The van der Waals surface area contributed by atoms with Gasteiger partial charge < -0.3 is 5.11 Å². The van der Waals surface area contributed by atoms with Gasteiger partial charge in [0.2, 0.25) is 0 Å². The molecule has 0 aromatic rings. The van der Waals surface area contributed by atoms with Gasteiger partial charge in [0, 0.05) is 19.1 Å². The van der Waals surface area contributed by atoms with Gasteiger partial charge in [-0.2, -0.15) is 0 Å². The molecule has 0 radical (unpaired) electrons. The van der Waals surface area contributed by atoms with E-state index in [0.717, 1.165) is 24.9 Å². The highest BCUT2D eigenvalue weighted by Gasteiger charge is 2.30. The van der Waals surface area contributed by atoms with E-state index in [0.29, 0.717) is 12.0 Å². The topological polar surface area (TPSA) is 23.5 Å². The number of aliphatic hydroxyl groups is 1. The second-order valence-electron chi connectivity index (χ2n) is 5.82. The molecule has 1 N–H and O–H groups in total. The Kier molecular flexibility index (Phi) is 4.60. The van der Waals surface area contributed by atoms with Crippen LogP contribution in [0.5, 0.6) is 0 Å². The zero-order valence-electron chi connectivity index (χ0n) is 10.9. The van der Waals surface area contributed by atoms with E-state index in [9.17, 15) is 5.11 Å². The Morgan fingerprint density at radius 1 is 1.27 bits per heavy atom. The van der Waals surface area contributed by atoms with Crippen LogP contribution in [0.15, 0.2) is 0 Å². The third-order valence-corrected chi connectivity index (χ3v) is 3.91. The average Bonchev–Trinajstić information content (AvgIpc) is 2.13. The summed E-state index contributed by atoms with van der Waals surface area (Å²) in [5, 5.41) is 9.93. The van der Waals surface area contributed by atoms with Gasteiger partial charge in [-0.15, -0.1) is 0 Å². The molecule has 1 rings (SSSR count). The van der Waals surface area contributed by atoms with Gasteiger partial charge in [-0.25, -0.2) is 0 Å². The first-order valence-corrected chi connectivity index (χ1v) is 6.34. The molecule has 2 nitrogen and oxygen atoms in total. The summed E-state index contributed by atoms with van der Waals surface area (Å²) in [5.41, 5.74) is 0. The van der Waals surface area contributed by atoms with Gasteiger partial charge in [0.25, 0.3) is 0 Å². The summed E-state index contributed by atoms with van der Waals surface area (Å²) in [5.74, 6) is 1.90. The highest BCUT2D eigenvalue weighted by Crippen LogP contribution is 2.27. The summed E-state index contributed by atoms with van der Waals surface area (Å²) in [4.78, 5) is 2.46. The van der Waals surface area contributed by atoms with Crippen molar-refractivity contribution in [2.75, 3.05) is 13.1 Å². The van der Waals surface area contributed by atoms with Crippen LogP contribution in [0, 0.1) is 17.8 Å². The second kappa shape index (κ2) is 5.31. The lowest BCUT2D eigenvalue weighted by molar-refractivity contribution is 0.0158. The highest BCUT2D eigenvalue weighted by molar-refractivity contribution is 4.83. The minimum absolute atomic E-state index is 0.176. The van der Waals surface area contributed by atoms with Gasteiger partial charge in [0.15, 0.2) is 0 Å². The van der Waals surface area contributed by atoms with Crippen molar-refractivity contribution in [1.82, 2.24) is 4.90 Å². The third-order valence-electron chi connectivity index (χ3n) is 3.91. The summed E-state index contributed by atoms with van der Waals surface area (Å²) in [6.45, 7) is 13.1. The van der Waals surface area contributed by atoms with Crippen LogP contribution in [0.1, 0.15) is 41.0 Å². The highest BCUT2D eigenvalue weighted by atomic mass is 16.3. The molecule has 0 spiro atoms. The lowest BCUT2D eigenvalue weighted by Gasteiger charge is -2.42. The fraction of sp³-hybridized carbons (Fsp3) is 1.00. The van der Waals surface area contributed by atoms with Crippen molar-refractivity contribution < 1.29 is 5.11 Å². The lowest BCUT2D eigenvalue weighted by Crippen LogP contribution is -2.49. The molecule has 90 valence electrons. The van der Waals surface area contributed by atoms with E-state index in [1.807, 2.05) is 0 Å². The molecule has 0 amide bonds. The minimum atomic E-state index is -0.176. The van der Waals surface area contributed by atoms with Crippen molar-refractivity contribution in [3.05, 3.63) is 0 Å². The van der Waals surface area contributed by atoms with Crippen LogP contribution in [0.3, 0.4) is 0 Å². The molecule has 4 atom stereocenters. The molecule has 0 aromatic heterocycles. The van der Waals surface area contributed by atoms with Crippen LogP contribution in [0.4, 0.5) is 0 Å². The normalized spacial score (nSPS) is 35.8. The van der Waals surface area contributed by atoms with Crippen molar-refractivity contribution in [2.45, 2.75) is 53.2 Å². The fourth-order valence-electron chi connectivity index (χ4n) is 2.52. The molecule has 4 unspecified atom stereocenters. The Morgan fingerprint density at radius 2 is 1.87 bits per heavy atom. The third kappa shape index (κ3) is 3.46. The molecule has 2 heteroatoms. The van der Waals surface area contributed by atoms with Crippen molar-refractivity contribution in [2.24, 2.45) is 17.8 Å². The van der Waals surface area contributed by atoms with Crippen molar-refractivity contribution in [3.8, 4) is 0 Å². The van der Waals surface area contributed by atoms with E-state index in [4.69, 9.17) is 0 Å². The Balaban J connectivity index is 2.52. The van der Waals surface area contributed by atoms with E-state index >= 15 is 0 Å². The Bertz CT molecular complexity index is 193. The predicted octanol–water partition coefficient (Wildman–Crippen LogP) is 2.37. The summed E-state index contributed by atoms with van der Waals surface area (Å²) in [7, 11) is 0. The number of aliphatic hydroxyl groups excluding tert-OH is 1. The van der Waals surface area contributed by atoms with E-state index in [1.165, 1.54) is 6.42 Å². The largest absolute Gasteiger partial charge is 0.392 e. The monoisotopic (exact) mass is 213 g/mol. The van der Waals surface area contributed by atoms with Crippen molar-refractivity contribution in [3.63, 3.8) is 0 Å². The van der Waals surface area contributed by atoms with E-state index < -0.39 is 0 Å². The number of likely N-dealkylation sites (tertiary alicyclic amines) is 1. The van der Waals surface area contributed by atoms with Crippen LogP contribution in [0.2, 0.25) is 0 Å². The van der Waals surface area contributed by atoms with Crippen molar-refractivity contribution in [1.29, 1.82) is 0 Å². The molecule has 0 saturated carbocycles. The van der Waals surface area contributed by atoms with Gasteiger partial charge in [0.05, 0.1) is 6.10 Å². The second-order valence-corrected chi connectivity index (χ2v) is 5.82. The molecule has 1 heterocycles. The average molecular weight is 213 g/mol. The number of hydrogen-bond donors (Lipinski definition) is 1. The molecule has 1 saturated heterocycles. The Hall–Kier alpha value is -0.0800. The predicted molar refractivity (Wildman–Crippen MR) is 64.8 cm³/mol. The maximum atomic E-state index is 9.93. The van der Waals surface area contributed by atoms with Gasteiger partial charge in [0.1, 0.15) is 0 Å². The SMILES string of the molecule is CC1CC(C)C(C)N(CC(O)C(C)C)C1. The molecular weight excluding hydrogens is 186 g/mol. The quantitative estimate of drug-likeness (QED) is 0.778. The summed E-state index contributed by atoms with van der Waals surface area (Å²) in [6, 6.07) is 0.620.